The number of hydrogen-bond donors (Lipinski definition) is 6. The number of nitrogens with one attached hydrogen (secondary N) is 4. The fourth-order valence-corrected chi connectivity index (χ4v) is 4.59. The molecule has 1 fully saturated rings. The molecule has 1 aliphatic heterocycles. The topological polar surface area (TPSA) is 119 Å². The lowest BCUT2D eigenvalue weighted by molar-refractivity contribution is -0.110. The van der Waals surface area contributed by atoms with Gasteiger partial charge in [-0.15, -0.1) is 0 Å². The number of rotatable bonds is 14. The molecule has 2 aliphatic rings. The van der Waals surface area contributed by atoms with Gasteiger partial charge in [-0.3, -0.25) is 4.79 Å². The molecule has 1 aromatic heterocycles. The molecule has 0 saturated carbocycles. The number of aromatic nitrogens is 1. The normalized spacial score (nSPS) is 16.1. The molecule has 2 atom stereocenters. The maximum atomic E-state index is 10.8. The molecule has 248 valence electrons. The van der Waals surface area contributed by atoms with Crippen molar-refractivity contribution in [1.82, 2.24) is 15.6 Å². The maximum Gasteiger partial charge on any atom is 0.207 e. The van der Waals surface area contributed by atoms with Crippen LogP contribution in [0.5, 0.6) is 0 Å². The van der Waals surface area contributed by atoms with E-state index in [1.807, 2.05) is 42.5 Å². The van der Waals surface area contributed by atoms with Crippen molar-refractivity contribution in [2.45, 2.75) is 78.2 Å². The van der Waals surface area contributed by atoms with Gasteiger partial charge < -0.3 is 31.5 Å². The Hall–Kier alpha value is -3.88. The zero-order valence-electron chi connectivity index (χ0n) is 27.8. The lowest BCUT2D eigenvalue weighted by Crippen LogP contribution is -2.31. The summed E-state index contributed by atoms with van der Waals surface area (Å²) in [6.07, 6.45) is 23.7. The Morgan fingerprint density at radius 2 is 1.78 bits per heavy atom. The number of hydrogen-bond acceptors (Lipinski definition) is 7. The minimum atomic E-state index is -0.403. The number of allylic oxidation sites excluding steroid dienone is 7. The van der Waals surface area contributed by atoms with Gasteiger partial charge in [-0.25, -0.2) is 4.98 Å². The van der Waals surface area contributed by atoms with E-state index in [9.17, 15) is 9.90 Å². The Morgan fingerprint density at radius 3 is 2.29 bits per heavy atom. The number of carbonyl (C=O) groups excluding carboxylic acids is 1. The van der Waals surface area contributed by atoms with Gasteiger partial charge >= 0.3 is 0 Å². The maximum absolute atomic E-state index is 10.8. The van der Waals surface area contributed by atoms with Crippen LogP contribution in [0.25, 0.3) is 0 Å². The summed E-state index contributed by atoms with van der Waals surface area (Å²) in [5.41, 5.74) is 3.28. The van der Waals surface area contributed by atoms with Crippen LogP contribution in [-0.2, 0) is 11.2 Å². The van der Waals surface area contributed by atoms with E-state index in [1.165, 1.54) is 38.0 Å². The van der Waals surface area contributed by atoms with Crippen molar-refractivity contribution in [1.29, 1.82) is 0 Å². The Bertz CT molecular complexity index is 1120. The van der Waals surface area contributed by atoms with E-state index in [4.69, 9.17) is 5.11 Å². The first-order valence-electron chi connectivity index (χ1n) is 16.2. The number of pyridine rings is 1. The van der Waals surface area contributed by atoms with E-state index in [1.54, 1.807) is 19.2 Å². The Labute approximate surface area is 271 Å². The highest BCUT2D eigenvalue weighted by Crippen LogP contribution is 2.18. The molecule has 6 N–H and O–H groups in total. The van der Waals surface area contributed by atoms with Gasteiger partial charge in [0.05, 0.1) is 6.04 Å². The minimum absolute atomic E-state index is 0.167. The lowest BCUT2D eigenvalue weighted by Gasteiger charge is -2.16. The fraction of sp³-hybridized carbons (Fsp3) is 0.459. The van der Waals surface area contributed by atoms with Crippen LogP contribution in [0.2, 0.25) is 0 Å². The number of benzene rings is 1. The smallest absolute Gasteiger partial charge is 0.207 e. The predicted octanol–water partition coefficient (Wildman–Crippen LogP) is 7.31. The van der Waals surface area contributed by atoms with Gasteiger partial charge in [0.1, 0.15) is 11.6 Å². The molecule has 1 saturated heterocycles. The standard InChI is InChI=1S/C25H34N4O2.C7H10.C4H9N.CH4O/c1-3-21(10-6-5-8-16-26-25-11-7-9-17-27-25)29-22-14-12-20(13-15-22)18-23(28-19-30)24(31)4-2;1-7-5-3-2-4-6-7;1-2-4-5-3-1;1-2/h3-4,7,9,11-15,17,19,23,29,31H,5-6,8,10,16,18H2,1-2H3,(H,26,27)(H,28,30);2-5,7H,6H2,1H3;5H,1-4H2;2H,1H3/b21-3+,24-4+;;;. The van der Waals surface area contributed by atoms with Crippen LogP contribution in [0.3, 0.4) is 0 Å². The van der Waals surface area contributed by atoms with Crippen molar-refractivity contribution >= 4 is 17.9 Å². The summed E-state index contributed by atoms with van der Waals surface area (Å²) < 4.78 is 0. The third kappa shape index (κ3) is 19.2. The summed E-state index contributed by atoms with van der Waals surface area (Å²) >= 11 is 0. The third-order valence-corrected chi connectivity index (χ3v) is 7.21. The van der Waals surface area contributed by atoms with Gasteiger partial charge in [0.15, 0.2) is 0 Å². The van der Waals surface area contributed by atoms with Crippen molar-refractivity contribution in [2.24, 2.45) is 5.92 Å². The summed E-state index contributed by atoms with van der Waals surface area (Å²) in [6, 6.07) is 13.6. The quantitative estimate of drug-likeness (QED) is 0.0746. The molecule has 1 amide bonds. The van der Waals surface area contributed by atoms with Gasteiger partial charge in [-0.05, 0) is 114 Å². The van der Waals surface area contributed by atoms with Crippen molar-refractivity contribution in [3.63, 3.8) is 0 Å². The molecule has 8 heteroatoms. The second-order valence-electron chi connectivity index (χ2n) is 10.8. The van der Waals surface area contributed by atoms with Gasteiger partial charge in [-0.2, -0.15) is 0 Å². The molecule has 4 rings (SSSR count). The third-order valence-electron chi connectivity index (χ3n) is 7.21. The summed E-state index contributed by atoms with van der Waals surface area (Å²) in [6.45, 7) is 9.45. The highest BCUT2D eigenvalue weighted by atomic mass is 16.3. The monoisotopic (exact) mass is 619 g/mol. The number of unbranched alkanes of at least 4 members (excludes halogenated alkanes) is 2. The van der Waals surface area contributed by atoms with Crippen LogP contribution < -0.4 is 21.3 Å². The number of aliphatic hydroxyl groups excluding tert-OH is 2. The zero-order valence-corrected chi connectivity index (χ0v) is 27.8. The van der Waals surface area contributed by atoms with Crippen LogP contribution in [0.15, 0.2) is 96.6 Å². The first-order chi connectivity index (χ1) is 22.0. The number of nitrogens with zero attached hydrogens (tertiary/aromatic N) is 1. The molecular weight excluding hydrogens is 562 g/mol. The van der Waals surface area contributed by atoms with Crippen LogP contribution in [0.1, 0.15) is 71.3 Å². The summed E-state index contributed by atoms with van der Waals surface area (Å²) in [4.78, 5) is 15.0. The lowest BCUT2D eigenvalue weighted by atomic mass is 10.0. The highest BCUT2D eigenvalue weighted by molar-refractivity contribution is 5.50. The van der Waals surface area contributed by atoms with Gasteiger partial charge in [0.25, 0.3) is 0 Å². The fourth-order valence-electron chi connectivity index (χ4n) is 4.59. The van der Waals surface area contributed by atoms with E-state index in [-0.39, 0.29) is 5.76 Å². The van der Waals surface area contributed by atoms with Crippen molar-refractivity contribution in [3.05, 3.63) is 102 Å². The average Bonchev–Trinajstić information content (AvgIpc) is 3.69. The molecule has 0 radical (unpaired) electrons. The summed E-state index contributed by atoms with van der Waals surface area (Å²) in [5, 5.41) is 29.6. The largest absolute Gasteiger partial charge is 0.510 e. The molecule has 2 unspecified atom stereocenters. The second kappa shape index (κ2) is 26.5. The zero-order chi connectivity index (χ0) is 33.0. The molecule has 0 spiro atoms. The average molecular weight is 620 g/mol. The number of anilines is 2. The van der Waals surface area contributed by atoms with Crippen LogP contribution in [0, 0.1) is 5.92 Å². The number of carbonyl (C=O) groups is 1. The van der Waals surface area contributed by atoms with Crippen molar-refractivity contribution < 1.29 is 15.0 Å². The Kier molecular flexibility index (Phi) is 23.1. The van der Waals surface area contributed by atoms with Gasteiger partial charge in [0.2, 0.25) is 6.41 Å². The summed E-state index contributed by atoms with van der Waals surface area (Å²) in [5.74, 6) is 1.86. The molecule has 2 heterocycles. The molecule has 0 bridgehead atoms. The second-order valence-corrected chi connectivity index (χ2v) is 10.8. The molecule has 1 aliphatic carbocycles. The van der Waals surface area contributed by atoms with E-state index >= 15 is 0 Å². The number of amides is 1. The molecular formula is C37H57N5O3. The molecule has 1 aromatic carbocycles. The molecule has 2 aromatic rings. The van der Waals surface area contributed by atoms with Crippen LogP contribution in [0.4, 0.5) is 11.5 Å². The van der Waals surface area contributed by atoms with E-state index < -0.39 is 6.04 Å². The molecule has 45 heavy (non-hydrogen) atoms. The SMILES string of the molecule is C/C=C(\CCCCCNc1ccccn1)Nc1ccc(CC(NC=O)/C(O)=C\C)cc1.C1CCNC1.CC1C=CC=CC1.CO. The Balaban J connectivity index is 0.000000589. The summed E-state index contributed by atoms with van der Waals surface area (Å²) in [7, 11) is 1.00. The highest BCUT2D eigenvalue weighted by Gasteiger charge is 2.12. The Morgan fingerprint density at radius 1 is 1.02 bits per heavy atom. The van der Waals surface area contributed by atoms with Crippen LogP contribution >= 0.6 is 0 Å². The van der Waals surface area contributed by atoms with Crippen LogP contribution in [-0.4, -0.2) is 54.4 Å². The minimum Gasteiger partial charge on any atom is -0.510 e. The molecule has 8 nitrogen and oxygen atoms in total. The van der Waals surface area contributed by atoms with Crippen molar-refractivity contribution in [2.75, 3.05) is 37.4 Å². The first kappa shape index (κ1) is 39.1. The van der Waals surface area contributed by atoms with E-state index in [0.29, 0.717) is 12.8 Å². The van der Waals surface area contributed by atoms with Crippen molar-refractivity contribution in [3.8, 4) is 0 Å². The van der Waals surface area contributed by atoms with Gasteiger partial charge in [0, 0.05) is 31.2 Å². The number of aliphatic hydroxyl groups is 2. The van der Waals surface area contributed by atoms with E-state index in [2.05, 4.69) is 70.5 Å². The van der Waals surface area contributed by atoms with E-state index in [0.717, 1.165) is 62.3 Å². The predicted molar refractivity (Wildman–Crippen MR) is 190 cm³/mol. The first-order valence-corrected chi connectivity index (χ1v) is 16.2. The van der Waals surface area contributed by atoms with Gasteiger partial charge in [-0.1, -0.05) is 61.9 Å².